The van der Waals surface area contributed by atoms with Gasteiger partial charge in [-0.05, 0) is 0 Å². The Labute approximate surface area is 49.5 Å². The van der Waals surface area contributed by atoms with Gasteiger partial charge >= 0.3 is 48.9 Å². The summed E-state index contributed by atoms with van der Waals surface area (Å²) in [6, 6.07) is 0. The van der Waals surface area contributed by atoms with E-state index < -0.39 is 0 Å². The fourth-order valence-electron chi connectivity index (χ4n) is 0.793. The molecule has 1 aliphatic heterocycles. The van der Waals surface area contributed by atoms with Gasteiger partial charge in [0.2, 0.25) is 0 Å². The summed E-state index contributed by atoms with van der Waals surface area (Å²) in [5, 5.41) is 0. The topological polar surface area (TPSA) is 0 Å². The van der Waals surface area contributed by atoms with Crippen LogP contribution in [0.15, 0.2) is 24.3 Å². The van der Waals surface area contributed by atoms with E-state index in [2.05, 4.69) is 24.3 Å². The fraction of sp³-hybridized carbons (Fsp3) is 0.333. The van der Waals surface area contributed by atoms with Crippen LogP contribution in [0.1, 0.15) is 0 Å². The Balaban J connectivity index is 2.28. The third-order valence-corrected chi connectivity index (χ3v) is 3.82. The van der Waals surface area contributed by atoms with E-state index in [0.29, 0.717) is 0 Å². The first kappa shape index (κ1) is 3.94. The van der Waals surface area contributed by atoms with Crippen LogP contribution in [0, 0.1) is 0 Å². The SMILES string of the molecule is C1=CC2[Se]C2C=C1. The van der Waals surface area contributed by atoms with Crippen LogP contribution in [-0.4, -0.2) is 15.0 Å². The first-order valence-electron chi connectivity index (χ1n) is 2.47. The summed E-state index contributed by atoms with van der Waals surface area (Å²) in [7, 11) is 0. The molecule has 2 atom stereocenters. The van der Waals surface area contributed by atoms with Gasteiger partial charge in [0, 0.05) is 0 Å². The molecule has 0 radical (unpaired) electrons. The molecule has 2 aliphatic rings. The van der Waals surface area contributed by atoms with Crippen molar-refractivity contribution in [1.29, 1.82) is 0 Å². The summed E-state index contributed by atoms with van der Waals surface area (Å²) in [6.07, 6.45) is 8.97. The number of fused-ring (bicyclic) bond motifs is 1. The maximum atomic E-state index is 2.32. The van der Waals surface area contributed by atoms with Gasteiger partial charge in [-0.25, -0.2) is 0 Å². The molecule has 1 fully saturated rings. The van der Waals surface area contributed by atoms with Gasteiger partial charge in [-0.2, -0.15) is 0 Å². The molecule has 1 heterocycles. The van der Waals surface area contributed by atoms with Crippen LogP contribution in [0.25, 0.3) is 0 Å². The van der Waals surface area contributed by atoms with Crippen LogP contribution in [0.5, 0.6) is 0 Å². The van der Waals surface area contributed by atoms with Crippen molar-refractivity contribution in [3.8, 4) is 0 Å². The predicted octanol–water partition coefficient (Wildman–Crippen LogP) is 1.41. The molecule has 0 N–H and O–H groups in total. The van der Waals surface area contributed by atoms with E-state index in [0.717, 1.165) is 24.6 Å². The summed E-state index contributed by atoms with van der Waals surface area (Å²) in [5.74, 6) is 0. The van der Waals surface area contributed by atoms with Crippen molar-refractivity contribution in [2.75, 3.05) is 0 Å². The molecule has 0 saturated carbocycles. The molecule has 0 aromatic rings. The van der Waals surface area contributed by atoms with Gasteiger partial charge in [0.05, 0.1) is 0 Å². The predicted molar refractivity (Wildman–Crippen MR) is 31.5 cm³/mol. The van der Waals surface area contributed by atoms with Gasteiger partial charge in [-0.1, -0.05) is 0 Å². The van der Waals surface area contributed by atoms with Crippen molar-refractivity contribution in [2.24, 2.45) is 0 Å². The van der Waals surface area contributed by atoms with Crippen LogP contribution in [0.2, 0.25) is 9.63 Å². The average Bonchev–Trinajstić information content (AvgIpc) is 2.41. The molecule has 1 heteroatoms. The van der Waals surface area contributed by atoms with Gasteiger partial charge in [-0.3, -0.25) is 0 Å². The Morgan fingerprint density at radius 2 is 1.57 bits per heavy atom. The van der Waals surface area contributed by atoms with Crippen LogP contribution in [0.4, 0.5) is 0 Å². The van der Waals surface area contributed by atoms with Crippen molar-refractivity contribution in [2.45, 2.75) is 9.63 Å². The summed E-state index contributed by atoms with van der Waals surface area (Å²) in [5.41, 5.74) is 0. The zero-order chi connectivity index (χ0) is 4.69. The fourth-order valence-corrected chi connectivity index (χ4v) is 2.51. The monoisotopic (exact) mass is 158 g/mol. The normalized spacial score (nSPS) is 43.4. The van der Waals surface area contributed by atoms with Gasteiger partial charge in [-0.15, -0.1) is 0 Å². The summed E-state index contributed by atoms with van der Waals surface area (Å²) in [6.45, 7) is 0. The number of hydrogen-bond acceptors (Lipinski definition) is 0. The molecule has 1 saturated heterocycles. The summed E-state index contributed by atoms with van der Waals surface area (Å²) < 4.78 is 0. The number of hydrogen-bond donors (Lipinski definition) is 0. The van der Waals surface area contributed by atoms with Crippen LogP contribution >= 0.6 is 0 Å². The molecule has 36 valence electrons. The van der Waals surface area contributed by atoms with E-state index in [9.17, 15) is 0 Å². The minimum absolute atomic E-state index is 0.948. The van der Waals surface area contributed by atoms with Crippen molar-refractivity contribution in [3.63, 3.8) is 0 Å². The second kappa shape index (κ2) is 1.24. The molecule has 2 rings (SSSR count). The molecule has 2 unspecified atom stereocenters. The van der Waals surface area contributed by atoms with E-state index in [1.54, 1.807) is 0 Å². The van der Waals surface area contributed by atoms with Gasteiger partial charge < -0.3 is 0 Å². The summed E-state index contributed by atoms with van der Waals surface area (Å²) >= 11 is 0.948. The Bertz CT molecular complexity index is 119. The number of rotatable bonds is 0. The van der Waals surface area contributed by atoms with Crippen molar-refractivity contribution >= 4 is 15.0 Å². The molecule has 0 aromatic heterocycles. The average molecular weight is 157 g/mol. The second-order valence-corrected chi connectivity index (χ2v) is 4.69. The molecule has 7 heavy (non-hydrogen) atoms. The van der Waals surface area contributed by atoms with E-state index >= 15 is 0 Å². The second-order valence-electron chi connectivity index (χ2n) is 1.84. The maximum absolute atomic E-state index is 2.32. The van der Waals surface area contributed by atoms with Crippen LogP contribution in [0.3, 0.4) is 0 Å². The molecule has 0 amide bonds. The third-order valence-electron chi connectivity index (χ3n) is 1.27. The molecular weight excluding hydrogens is 151 g/mol. The van der Waals surface area contributed by atoms with Crippen LogP contribution in [-0.2, 0) is 0 Å². The molecule has 1 aliphatic carbocycles. The van der Waals surface area contributed by atoms with E-state index in [1.807, 2.05) is 0 Å². The molecule has 0 aromatic carbocycles. The number of allylic oxidation sites excluding steroid dienone is 4. The van der Waals surface area contributed by atoms with Crippen molar-refractivity contribution < 1.29 is 0 Å². The molecule has 0 spiro atoms. The molecule has 0 nitrogen and oxygen atoms in total. The first-order valence-corrected chi connectivity index (χ1v) is 4.45. The quantitative estimate of drug-likeness (QED) is 0.466. The van der Waals surface area contributed by atoms with Gasteiger partial charge in [0.1, 0.15) is 0 Å². The summed E-state index contributed by atoms with van der Waals surface area (Å²) in [4.78, 5) is 2.00. The molecule has 0 bridgehead atoms. The third kappa shape index (κ3) is 0.568. The zero-order valence-corrected chi connectivity index (χ0v) is 5.59. The van der Waals surface area contributed by atoms with E-state index in [4.69, 9.17) is 0 Å². The Hall–Kier alpha value is -0.000519. The van der Waals surface area contributed by atoms with Crippen LogP contribution < -0.4 is 0 Å². The Morgan fingerprint density at radius 3 is 2.00 bits per heavy atom. The van der Waals surface area contributed by atoms with Gasteiger partial charge in [0.15, 0.2) is 0 Å². The van der Waals surface area contributed by atoms with Crippen molar-refractivity contribution in [1.82, 2.24) is 0 Å². The molecular formula is C6H6Se. The minimum atomic E-state index is 0.948. The zero-order valence-electron chi connectivity index (χ0n) is 3.87. The van der Waals surface area contributed by atoms with E-state index in [-0.39, 0.29) is 0 Å². The Kier molecular flexibility index (Phi) is 0.697. The van der Waals surface area contributed by atoms with Gasteiger partial charge in [0.25, 0.3) is 0 Å². The van der Waals surface area contributed by atoms with Crippen molar-refractivity contribution in [3.05, 3.63) is 24.3 Å². The first-order chi connectivity index (χ1) is 3.47. The standard InChI is InChI=1S/C6H6Se/c1-2-4-6-5(3-1)7-6/h1-6H. The Morgan fingerprint density at radius 1 is 1.00 bits per heavy atom. The van der Waals surface area contributed by atoms with E-state index in [1.165, 1.54) is 0 Å².